The summed E-state index contributed by atoms with van der Waals surface area (Å²) in [5, 5.41) is 0. The van der Waals surface area contributed by atoms with E-state index < -0.39 is 0 Å². The normalized spacial score (nSPS) is 16.4. The van der Waals surface area contributed by atoms with Crippen molar-refractivity contribution in [2.45, 2.75) is 33.2 Å². The fraction of sp³-hybridized carbons (Fsp3) is 0.571. The van der Waals surface area contributed by atoms with Crippen LogP contribution in [0.15, 0.2) is 18.2 Å². The van der Waals surface area contributed by atoms with Crippen LogP contribution in [0.25, 0.3) is 0 Å². The van der Waals surface area contributed by atoms with E-state index in [4.69, 9.17) is 5.73 Å². The maximum atomic E-state index is 12.4. The average Bonchev–Trinajstić information content (AvgIpc) is 3.16. The van der Waals surface area contributed by atoms with Crippen LogP contribution in [0.3, 0.4) is 0 Å². The molecule has 0 saturated heterocycles. The van der Waals surface area contributed by atoms with Crippen molar-refractivity contribution in [3.8, 4) is 0 Å². The van der Waals surface area contributed by atoms with Crippen molar-refractivity contribution in [1.29, 1.82) is 0 Å². The second kappa shape index (κ2) is 5.06. The number of nitrogens with two attached hydrogens (primary N) is 1. The van der Waals surface area contributed by atoms with Crippen LogP contribution in [0, 0.1) is 12.3 Å². The Balaban J connectivity index is 2.08. The highest BCUT2D eigenvalue weighted by atomic mass is 16.2. The van der Waals surface area contributed by atoms with Gasteiger partial charge in [0.2, 0.25) is 5.91 Å². The fourth-order valence-corrected chi connectivity index (χ4v) is 2.20. The van der Waals surface area contributed by atoms with Crippen LogP contribution in [0.1, 0.15) is 31.2 Å². The minimum atomic E-state index is -0.264. The lowest BCUT2D eigenvalue weighted by atomic mass is 10.1. The molecule has 0 aliphatic heterocycles. The van der Waals surface area contributed by atoms with Gasteiger partial charge in [0, 0.05) is 18.8 Å². The summed E-state index contributed by atoms with van der Waals surface area (Å²) >= 11 is 0. The molecule has 0 unspecified atom stereocenters. The molecule has 1 aromatic rings. The van der Waals surface area contributed by atoms with Crippen molar-refractivity contribution < 1.29 is 4.79 Å². The van der Waals surface area contributed by atoms with Crippen LogP contribution < -0.4 is 5.73 Å². The molecule has 1 aliphatic rings. The van der Waals surface area contributed by atoms with E-state index in [1.807, 2.05) is 36.9 Å². The van der Waals surface area contributed by atoms with Crippen LogP contribution in [-0.4, -0.2) is 28.9 Å². The molecule has 0 spiro atoms. The van der Waals surface area contributed by atoms with Crippen LogP contribution in [0.5, 0.6) is 0 Å². The topological polar surface area (TPSA) is 59.2 Å². The number of pyridine rings is 1. The van der Waals surface area contributed by atoms with Gasteiger partial charge in [-0.25, -0.2) is 0 Å². The second-order valence-corrected chi connectivity index (χ2v) is 5.07. The summed E-state index contributed by atoms with van der Waals surface area (Å²) in [4.78, 5) is 18.7. The molecule has 2 rings (SSSR count). The first-order valence-corrected chi connectivity index (χ1v) is 6.53. The Morgan fingerprint density at radius 1 is 1.50 bits per heavy atom. The number of carbonyl (C=O) groups is 1. The highest BCUT2D eigenvalue weighted by Gasteiger charge is 2.50. The van der Waals surface area contributed by atoms with Crippen molar-refractivity contribution in [3.05, 3.63) is 29.6 Å². The van der Waals surface area contributed by atoms with Crippen LogP contribution >= 0.6 is 0 Å². The Bertz CT molecular complexity index is 440. The van der Waals surface area contributed by atoms with Crippen molar-refractivity contribution >= 4 is 5.91 Å². The monoisotopic (exact) mass is 247 g/mol. The van der Waals surface area contributed by atoms with Gasteiger partial charge in [0.05, 0.1) is 17.7 Å². The molecular formula is C14H21N3O. The van der Waals surface area contributed by atoms with Gasteiger partial charge in [-0.05, 0) is 38.8 Å². The number of hydrogen-bond acceptors (Lipinski definition) is 3. The lowest BCUT2D eigenvalue weighted by Crippen LogP contribution is -2.40. The van der Waals surface area contributed by atoms with E-state index >= 15 is 0 Å². The number of amides is 1. The highest BCUT2D eigenvalue weighted by Crippen LogP contribution is 2.46. The molecule has 2 N–H and O–H groups in total. The summed E-state index contributed by atoms with van der Waals surface area (Å²) in [5.74, 6) is 0.191. The molecular weight excluding hydrogens is 226 g/mol. The Labute approximate surface area is 108 Å². The van der Waals surface area contributed by atoms with Gasteiger partial charge in [-0.1, -0.05) is 6.07 Å². The zero-order valence-corrected chi connectivity index (χ0v) is 11.1. The van der Waals surface area contributed by atoms with Crippen LogP contribution in [0.2, 0.25) is 0 Å². The zero-order valence-electron chi connectivity index (χ0n) is 11.1. The highest BCUT2D eigenvalue weighted by molar-refractivity contribution is 5.85. The molecule has 1 aliphatic carbocycles. The van der Waals surface area contributed by atoms with Gasteiger partial charge in [-0.3, -0.25) is 9.78 Å². The van der Waals surface area contributed by atoms with E-state index in [-0.39, 0.29) is 11.3 Å². The van der Waals surface area contributed by atoms with Crippen molar-refractivity contribution in [3.63, 3.8) is 0 Å². The molecule has 4 nitrogen and oxygen atoms in total. The fourth-order valence-electron chi connectivity index (χ4n) is 2.20. The van der Waals surface area contributed by atoms with E-state index in [9.17, 15) is 4.79 Å². The van der Waals surface area contributed by atoms with Gasteiger partial charge < -0.3 is 10.6 Å². The van der Waals surface area contributed by atoms with Gasteiger partial charge in [-0.15, -0.1) is 0 Å². The molecule has 1 amide bonds. The summed E-state index contributed by atoms with van der Waals surface area (Å²) < 4.78 is 0. The van der Waals surface area contributed by atoms with E-state index in [1.54, 1.807) is 0 Å². The first-order chi connectivity index (χ1) is 8.61. The Morgan fingerprint density at radius 2 is 2.22 bits per heavy atom. The third-order valence-electron chi connectivity index (χ3n) is 3.67. The third-order valence-corrected chi connectivity index (χ3v) is 3.67. The molecule has 1 aromatic heterocycles. The number of rotatable bonds is 5. The number of aryl methyl sites for hydroxylation is 1. The van der Waals surface area contributed by atoms with Gasteiger partial charge in [0.25, 0.3) is 0 Å². The molecule has 1 fully saturated rings. The zero-order chi connectivity index (χ0) is 13.2. The summed E-state index contributed by atoms with van der Waals surface area (Å²) in [6.07, 6.45) is 1.86. The lowest BCUT2D eigenvalue weighted by molar-refractivity contribution is -0.137. The van der Waals surface area contributed by atoms with Crippen LogP contribution in [-0.2, 0) is 11.3 Å². The minimum absolute atomic E-state index is 0.191. The Kier molecular flexibility index (Phi) is 3.66. The SMILES string of the molecule is CCN(Cc1cccc(C)n1)C(=O)C1(CN)CC1. The lowest BCUT2D eigenvalue weighted by Gasteiger charge is -2.25. The van der Waals surface area contributed by atoms with E-state index in [1.165, 1.54) is 0 Å². The molecule has 4 heteroatoms. The van der Waals surface area contributed by atoms with Gasteiger partial charge >= 0.3 is 0 Å². The molecule has 18 heavy (non-hydrogen) atoms. The molecule has 1 heterocycles. The summed E-state index contributed by atoms with van der Waals surface area (Å²) in [7, 11) is 0. The largest absolute Gasteiger partial charge is 0.337 e. The second-order valence-electron chi connectivity index (χ2n) is 5.07. The molecule has 0 radical (unpaired) electrons. The number of hydrogen-bond donors (Lipinski definition) is 1. The van der Waals surface area contributed by atoms with E-state index in [0.29, 0.717) is 19.6 Å². The number of aromatic nitrogens is 1. The van der Waals surface area contributed by atoms with E-state index in [2.05, 4.69) is 4.98 Å². The summed E-state index contributed by atoms with van der Waals surface area (Å²) in [6, 6.07) is 5.90. The number of nitrogens with zero attached hydrogens (tertiary/aromatic N) is 2. The quantitative estimate of drug-likeness (QED) is 0.857. The predicted octanol–water partition coefficient (Wildman–Crippen LogP) is 1.48. The standard InChI is InChI=1S/C14H21N3O/c1-3-17(13(18)14(10-15)7-8-14)9-12-6-4-5-11(2)16-12/h4-6H,3,7-10,15H2,1-2H3. The van der Waals surface area contributed by atoms with Crippen molar-refractivity contribution in [2.24, 2.45) is 11.1 Å². The predicted molar refractivity (Wildman–Crippen MR) is 70.8 cm³/mol. The smallest absolute Gasteiger partial charge is 0.230 e. The molecule has 0 bridgehead atoms. The maximum absolute atomic E-state index is 12.4. The molecule has 1 saturated carbocycles. The average molecular weight is 247 g/mol. The van der Waals surface area contributed by atoms with Crippen LogP contribution in [0.4, 0.5) is 0 Å². The van der Waals surface area contributed by atoms with Crippen molar-refractivity contribution in [1.82, 2.24) is 9.88 Å². The number of carbonyl (C=O) groups excluding carboxylic acids is 1. The summed E-state index contributed by atoms with van der Waals surface area (Å²) in [6.45, 7) is 5.71. The van der Waals surface area contributed by atoms with Gasteiger partial charge in [-0.2, -0.15) is 0 Å². The first-order valence-electron chi connectivity index (χ1n) is 6.53. The van der Waals surface area contributed by atoms with Gasteiger partial charge in [0.1, 0.15) is 0 Å². The Morgan fingerprint density at radius 3 is 2.72 bits per heavy atom. The first kappa shape index (κ1) is 13.0. The minimum Gasteiger partial charge on any atom is -0.337 e. The molecule has 98 valence electrons. The maximum Gasteiger partial charge on any atom is 0.230 e. The summed E-state index contributed by atoms with van der Waals surface area (Å²) in [5.41, 5.74) is 7.38. The molecule has 0 aromatic carbocycles. The van der Waals surface area contributed by atoms with E-state index in [0.717, 1.165) is 24.2 Å². The van der Waals surface area contributed by atoms with Crippen molar-refractivity contribution in [2.75, 3.05) is 13.1 Å². The Hall–Kier alpha value is -1.42. The van der Waals surface area contributed by atoms with Gasteiger partial charge in [0.15, 0.2) is 0 Å². The molecule has 0 atom stereocenters. The third kappa shape index (κ3) is 2.53.